The van der Waals surface area contributed by atoms with Crippen LogP contribution in [0.4, 0.5) is 0 Å². The summed E-state index contributed by atoms with van der Waals surface area (Å²) in [5.74, 6) is 1.58. The Hall–Kier alpha value is -6.41. The zero-order chi connectivity index (χ0) is 37.4. The van der Waals surface area contributed by atoms with E-state index in [4.69, 9.17) is 9.15 Å². The molecular weight excluding hydrogens is 704 g/mol. The molecule has 3 aliphatic rings. The van der Waals surface area contributed by atoms with Crippen LogP contribution in [0.3, 0.4) is 0 Å². The van der Waals surface area contributed by atoms with Crippen molar-refractivity contribution in [3.63, 3.8) is 0 Å². The standard InChI is InChI=1S/C52H35O3P/c1-51(2)39-21-8-6-17-35(39)37-20-14-19-34(50(37)51)32-27-28-41-47(29-32)55-45-25-12-9-22-40(45)52(41)42-23-10-13-26-48(42)56(53,33-15-4-3-5-16-33)49-31-46-38(30-43(49)52)36-18-7-11-24-44(36)54-46/h3-31H,1-2H3. The van der Waals surface area contributed by atoms with Crippen LogP contribution >= 0.6 is 7.14 Å². The summed E-state index contributed by atoms with van der Waals surface area (Å²) in [6.07, 6.45) is 0. The van der Waals surface area contributed by atoms with E-state index in [0.29, 0.717) is 0 Å². The SMILES string of the molecule is CC1(C)c2ccccc2-c2cccc(-c3ccc4c(c3)Oc3ccccc3C43c4ccccc4P(=O)(c4ccccc4)c4cc5oc6ccccc6c5cc43)c21. The number of para-hydroxylation sites is 2. The van der Waals surface area contributed by atoms with E-state index in [1.54, 1.807) is 0 Å². The maximum atomic E-state index is 16.4. The number of ether oxygens (including phenoxy) is 1. The van der Waals surface area contributed by atoms with Gasteiger partial charge in [-0.2, -0.15) is 0 Å². The van der Waals surface area contributed by atoms with Crippen LogP contribution in [0.1, 0.15) is 47.2 Å². The van der Waals surface area contributed by atoms with Crippen LogP contribution in [-0.2, 0) is 15.4 Å². The van der Waals surface area contributed by atoms with Crippen LogP contribution in [-0.4, -0.2) is 0 Å². The van der Waals surface area contributed by atoms with E-state index in [1.165, 1.54) is 27.8 Å². The van der Waals surface area contributed by atoms with E-state index in [1.807, 2.05) is 54.6 Å². The molecular formula is C52H35O3P. The number of fused-ring (bicyclic) bond motifs is 14. The molecule has 0 N–H and O–H groups in total. The lowest BCUT2D eigenvalue weighted by Gasteiger charge is -2.47. The summed E-state index contributed by atoms with van der Waals surface area (Å²) in [6.45, 7) is 4.67. The molecule has 4 heteroatoms. The first-order valence-corrected chi connectivity index (χ1v) is 21.0. The van der Waals surface area contributed by atoms with E-state index in [2.05, 4.69) is 135 Å². The summed E-state index contributed by atoms with van der Waals surface area (Å²) in [6, 6.07) is 61.6. The van der Waals surface area contributed by atoms with Gasteiger partial charge in [0.25, 0.3) is 0 Å². The molecule has 3 heterocycles. The second-order valence-electron chi connectivity index (χ2n) is 15.9. The average molecular weight is 739 g/mol. The summed E-state index contributed by atoms with van der Waals surface area (Å²) < 4.78 is 30.0. The molecule has 2 unspecified atom stereocenters. The van der Waals surface area contributed by atoms with Gasteiger partial charge in [0.15, 0.2) is 7.14 Å². The van der Waals surface area contributed by atoms with Crippen molar-refractivity contribution in [1.82, 2.24) is 0 Å². The molecule has 1 spiro atoms. The lowest BCUT2D eigenvalue weighted by Crippen LogP contribution is -2.47. The number of benzene rings is 8. The van der Waals surface area contributed by atoms with E-state index < -0.39 is 12.6 Å². The van der Waals surface area contributed by atoms with E-state index in [0.717, 1.165) is 77.2 Å². The minimum atomic E-state index is -3.42. The fourth-order valence-corrected chi connectivity index (χ4v) is 13.6. The number of rotatable bonds is 2. The van der Waals surface area contributed by atoms with Gasteiger partial charge in [-0.15, -0.1) is 0 Å². The van der Waals surface area contributed by atoms with Crippen molar-refractivity contribution >= 4 is 45.0 Å². The first-order chi connectivity index (χ1) is 27.4. The van der Waals surface area contributed by atoms with Crippen molar-refractivity contribution in [3.8, 4) is 33.8 Å². The Morgan fingerprint density at radius 2 is 1.14 bits per heavy atom. The fraction of sp³-hybridized carbons (Fsp3) is 0.0769. The van der Waals surface area contributed by atoms with Gasteiger partial charge in [-0.3, -0.25) is 0 Å². The summed E-state index contributed by atoms with van der Waals surface area (Å²) >= 11 is 0. The van der Waals surface area contributed by atoms with Crippen molar-refractivity contribution in [3.05, 3.63) is 209 Å². The maximum absolute atomic E-state index is 16.4. The molecule has 0 saturated carbocycles. The number of hydrogen-bond donors (Lipinski definition) is 0. The molecule has 9 aromatic rings. The van der Waals surface area contributed by atoms with Gasteiger partial charge in [0.05, 0.1) is 5.41 Å². The maximum Gasteiger partial charge on any atom is 0.171 e. The summed E-state index contributed by atoms with van der Waals surface area (Å²) in [5.41, 5.74) is 12.1. The third-order valence-electron chi connectivity index (χ3n) is 12.8. The minimum Gasteiger partial charge on any atom is -0.457 e. The first-order valence-electron chi connectivity index (χ1n) is 19.3. The Balaban J connectivity index is 1.20. The van der Waals surface area contributed by atoms with E-state index in [9.17, 15) is 0 Å². The van der Waals surface area contributed by atoms with Crippen LogP contribution in [0, 0.1) is 0 Å². The Morgan fingerprint density at radius 3 is 2.02 bits per heavy atom. The van der Waals surface area contributed by atoms with Crippen molar-refractivity contribution in [2.24, 2.45) is 0 Å². The monoisotopic (exact) mass is 738 g/mol. The quantitative estimate of drug-likeness (QED) is 0.166. The van der Waals surface area contributed by atoms with E-state index in [-0.39, 0.29) is 5.41 Å². The molecule has 0 fully saturated rings. The van der Waals surface area contributed by atoms with Crippen molar-refractivity contribution < 1.29 is 13.7 Å². The first kappa shape index (κ1) is 31.9. The highest BCUT2D eigenvalue weighted by molar-refractivity contribution is 7.85. The fourth-order valence-electron chi connectivity index (χ4n) is 10.5. The molecule has 2 aliphatic heterocycles. The highest BCUT2D eigenvalue weighted by atomic mass is 31.2. The lowest BCUT2D eigenvalue weighted by atomic mass is 9.63. The highest BCUT2D eigenvalue weighted by Gasteiger charge is 2.55. The largest absolute Gasteiger partial charge is 0.457 e. The normalized spacial score (nSPS) is 19.4. The molecule has 0 amide bonds. The Kier molecular flexibility index (Phi) is 6.32. The molecule has 0 bridgehead atoms. The molecule has 2 atom stereocenters. The predicted molar refractivity (Wildman–Crippen MR) is 228 cm³/mol. The topological polar surface area (TPSA) is 39.4 Å². The van der Waals surface area contributed by atoms with Crippen LogP contribution in [0.15, 0.2) is 180 Å². The van der Waals surface area contributed by atoms with Gasteiger partial charge < -0.3 is 13.7 Å². The van der Waals surface area contributed by atoms with Crippen molar-refractivity contribution in [2.75, 3.05) is 0 Å². The molecule has 266 valence electrons. The zero-order valence-corrected chi connectivity index (χ0v) is 31.8. The second-order valence-corrected chi connectivity index (χ2v) is 18.6. The molecule has 56 heavy (non-hydrogen) atoms. The second kappa shape index (κ2) is 11.1. The number of furan rings is 1. The number of hydrogen-bond acceptors (Lipinski definition) is 3. The van der Waals surface area contributed by atoms with Crippen molar-refractivity contribution in [1.29, 1.82) is 0 Å². The molecule has 1 aliphatic carbocycles. The summed E-state index contributed by atoms with van der Waals surface area (Å²) in [5, 5.41) is 4.46. The lowest BCUT2D eigenvalue weighted by molar-refractivity contribution is 0.435. The van der Waals surface area contributed by atoms with Gasteiger partial charge in [0.1, 0.15) is 22.7 Å². The molecule has 0 saturated heterocycles. The van der Waals surface area contributed by atoms with Gasteiger partial charge in [-0.05, 0) is 74.8 Å². The van der Waals surface area contributed by atoms with Crippen LogP contribution in [0.2, 0.25) is 0 Å². The van der Waals surface area contributed by atoms with Crippen LogP contribution in [0.5, 0.6) is 11.5 Å². The van der Waals surface area contributed by atoms with Gasteiger partial charge in [-0.1, -0.05) is 159 Å². The van der Waals surface area contributed by atoms with E-state index >= 15 is 4.57 Å². The Morgan fingerprint density at radius 1 is 0.464 bits per heavy atom. The van der Waals surface area contributed by atoms with Gasteiger partial charge >= 0.3 is 0 Å². The Labute approximate surface area is 325 Å². The molecule has 0 radical (unpaired) electrons. The third kappa shape index (κ3) is 3.91. The van der Waals surface area contributed by atoms with Crippen LogP contribution in [0.25, 0.3) is 44.2 Å². The molecule has 8 aromatic carbocycles. The van der Waals surface area contributed by atoms with Gasteiger partial charge in [-0.25, -0.2) is 0 Å². The zero-order valence-electron chi connectivity index (χ0n) is 30.9. The summed E-state index contributed by atoms with van der Waals surface area (Å²) in [7, 11) is -3.42. The van der Waals surface area contributed by atoms with Gasteiger partial charge in [0.2, 0.25) is 0 Å². The molecule has 3 nitrogen and oxygen atoms in total. The minimum absolute atomic E-state index is 0.175. The summed E-state index contributed by atoms with van der Waals surface area (Å²) in [4.78, 5) is 0. The van der Waals surface area contributed by atoms with Crippen molar-refractivity contribution in [2.45, 2.75) is 24.7 Å². The molecule has 12 rings (SSSR count). The smallest absolute Gasteiger partial charge is 0.171 e. The highest BCUT2D eigenvalue weighted by Crippen LogP contribution is 2.63. The van der Waals surface area contributed by atoms with Gasteiger partial charge in [0, 0.05) is 43.2 Å². The third-order valence-corrected chi connectivity index (χ3v) is 15.9. The Bertz CT molecular complexity index is 3190. The average Bonchev–Trinajstić information content (AvgIpc) is 3.73. The van der Waals surface area contributed by atoms with Crippen LogP contribution < -0.4 is 20.7 Å². The molecule has 1 aromatic heterocycles. The predicted octanol–water partition coefficient (Wildman–Crippen LogP) is 12.0.